The molecule has 0 bridgehead atoms. The van der Waals surface area contributed by atoms with Crippen molar-refractivity contribution in [2.75, 3.05) is 18.0 Å². The third-order valence-electron chi connectivity index (χ3n) is 2.66. The number of nitrogens with two attached hydrogens (primary N) is 1. The molecule has 3 nitrogen and oxygen atoms in total. The first-order valence-electron chi connectivity index (χ1n) is 4.91. The Labute approximate surface area is 94.0 Å². The summed E-state index contributed by atoms with van der Waals surface area (Å²) in [7, 11) is 0. The van der Waals surface area contributed by atoms with Crippen LogP contribution in [-0.2, 0) is 0 Å². The van der Waals surface area contributed by atoms with Crippen LogP contribution in [0.4, 0.5) is 5.69 Å². The quantitative estimate of drug-likeness (QED) is 0.786. The van der Waals surface area contributed by atoms with Gasteiger partial charge in [-0.15, -0.1) is 0 Å². The van der Waals surface area contributed by atoms with Crippen LogP contribution in [-0.4, -0.2) is 19.1 Å². The van der Waals surface area contributed by atoms with E-state index in [2.05, 4.69) is 4.90 Å². The summed E-state index contributed by atoms with van der Waals surface area (Å²) in [6.45, 7) is 1.83. The lowest BCUT2D eigenvalue weighted by molar-refractivity contribution is 0.752. The second-order valence-electron chi connectivity index (χ2n) is 3.77. The molecule has 78 valence electrons. The molecule has 1 aliphatic rings. The minimum atomic E-state index is 0.249. The van der Waals surface area contributed by atoms with Gasteiger partial charge in [0.2, 0.25) is 0 Å². The number of halogens is 1. The number of anilines is 1. The Kier molecular flexibility index (Phi) is 2.81. The second-order valence-corrected chi connectivity index (χ2v) is 4.18. The molecule has 0 aliphatic carbocycles. The van der Waals surface area contributed by atoms with E-state index in [0.29, 0.717) is 10.6 Å². The number of hydrogen-bond donors (Lipinski definition) is 1. The fourth-order valence-corrected chi connectivity index (χ4v) is 2.03. The van der Waals surface area contributed by atoms with Crippen LogP contribution in [0.3, 0.4) is 0 Å². The summed E-state index contributed by atoms with van der Waals surface area (Å²) in [5, 5.41) is 9.26. The van der Waals surface area contributed by atoms with E-state index in [4.69, 9.17) is 22.6 Å². The van der Waals surface area contributed by atoms with Gasteiger partial charge in [0.1, 0.15) is 6.07 Å². The van der Waals surface area contributed by atoms with E-state index < -0.39 is 0 Å². The van der Waals surface area contributed by atoms with E-state index in [0.717, 1.165) is 25.2 Å². The second kappa shape index (κ2) is 4.09. The van der Waals surface area contributed by atoms with E-state index in [9.17, 15) is 0 Å². The topological polar surface area (TPSA) is 53.0 Å². The first-order chi connectivity index (χ1) is 7.20. The van der Waals surface area contributed by atoms with Crippen LogP contribution < -0.4 is 10.6 Å². The molecule has 0 spiro atoms. The zero-order valence-electron chi connectivity index (χ0n) is 8.28. The smallest absolute Gasteiger partial charge is 0.101 e. The monoisotopic (exact) mass is 221 g/mol. The lowest BCUT2D eigenvalue weighted by Gasteiger charge is -2.18. The highest BCUT2D eigenvalue weighted by molar-refractivity contribution is 6.32. The van der Waals surface area contributed by atoms with Gasteiger partial charge in [-0.05, 0) is 24.6 Å². The third kappa shape index (κ3) is 2.06. The van der Waals surface area contributed by atoms with Gasteiger partial charge in [0.25, 0.3) is 0 Å². The van der Waals surface area contributed by atoms with Crippen molar-refractivity contribution < 1.29 is 0 Å². The average Bonchev–Trinajstić information content (AvgIpc) is 2.65. The predicted octanol–water partition coefficient (Wildman–Crippen LogP) is 1.75. The highest BCUT2D eigenvalue weighted by Gasteiger charge is 2.19. The molecular formula is C11H12ClN3. The molecular weight excluding hydrogens is 210 g/mol. The molecule has 1 aromatic rings. The van der Waals surface area contributed by atoms with Gasteiger partial charge in [-0.1, -0.05) is 11.6 Å². The van der Waals surface area contributed by atoms with Gasteiger partial charge in [0.15, 0.2) is 0 Å². The van der Waals surface area contributed by atoms with Gasteiger partial charge < -0.3 is 10.6 Å². The maximum atomic E-state index is 8.75. The van der Waals surface area contributed by atoms with E-state index >= 15 is 0 Å². The van der Waals surface area contributed by atoms with Crippen molar-refractivity contribution in [1.29, 1.82) is 5.26 Å². The average molecular weight is 222 g/mol. The molecule has 0 aromatic heterocycles. The molecule has 1 heterocycles. The molecule has 1 saturated heterocycles. The molecule has 0 radical (unpaired) electrons. The van der Waals surface area contributed by atoms with Crippen LogP contribution in [0.1, 0.15) is 12.0 Å². The van der Waals surface area contributed by atoms with Crippen molar-refractivity contribution in [3.63, 3.8) is 0 Å². The zero-order valence-corrected chi connectivity index (χ0v) is 9.04. The van der Waals surface area contributed by atoms with Gasteiger partial charge >= 0.3 is 0 Å². The zero-order chi connectivity index (χ0) is 10.8. The standard InChI is InChI=1S/C11H12ClN3/c12-11-5-10(2-1-8(11)6-13)15-4-3-9(14)7-15/h1-2,5,9H,3-4,7,14H2/t9-/m0/s1. The molecule has 0 saturated carbocycles. The van der Waals surface area contributed by atoms with Crippen LogP contribution in [0.25, 0.3) is 0 Å². The van der Waals surface area contributed by atoms with Gasteiger partial charge in [0, 0.05) is 24.8 Å². The SMILES string of the molecule is N#Cc1ccc(N2CC[C@H](N)C2)cc1Cl. The van der Waals surface area contributed by atoms with Crippen LogP contribution in [0.5, 0.6) is 0 Å². The molecule has 2 N–H and O–H groups in total. The Bertz CT molecular complexity index is 411. The molecule has 15 heavy (non-hydrogen) atoms. The fourth-order valence-electron chi connectivity index (χ4n) is 1.81. The summed E-state index contributed by atoms with van der Waals surface area (Å²) in [4.78, 5) is 2.19. The molecule has 1 fully saturated rings. The normalized spacial score (nSPS) is 20.3. The maximum Gasteiger partial charge on any atom is 0.101 e. The van der Waals surface area contributed by atoms with Crippen molar-refractivity contribution in [3.8, 4) is 6.07 Å². The molecule has 4 heteroatoms. The van der Waals surface area contributed by atoms with Crippen molar-refractivity contribution in [2.24, 2.45) is 5.73 Å². The Morgan fingerprint density at radius 1 is 1.53 bits per heavy atom. The van der Waals surface area contributed by atoms with E-state index in [1.807, 2.05) is 18.2 Å². The van der Waals surface area contributed by atoms with E-state index in [1.54, 1.807) is 6.07 Å². The summed E-state index contributed by atoms with van der Waals surface area (Å²) in [6, 6.07) is 7.80. The molecule has 1 aliphatic heterocycles. The highest BCUT2D eigenvalue weighted by Crippen LogP contribution is 2.25. The van der Waals surface area contributed by atoms with Crippen LogP contribution >= 0.6 is 11.6 Å². The number of benzene rings is 1. The van der Waals surface area contributed by atoms with Gasteiger partial charge in [-0.3, -0.25) is 0 Å². The van der Waals surface area contributed by atoms with Crippen LogP contribution in [0.2, 0.25) is 5.02 Å². The summed E-state index contributed by atoms with van der Waals surface area (Å²) in [5.74, 6) is 0. The first kappa shape index (κ1) is 10.3. The maximum absolute atomic E-state index is 8.75. The van der Waals surface area contributed by atoms with Gasteiger partial charge in [-0.2, -0.15) is 5.26 Å². The Hall–Kier alpha value is -1.24. The Morgan fingerprint density at radius 2 is 2.33 bits per heavy atom. The molecule has 1 atom stereocenters. The van der Waals surface area contributed by atoms with Crippen molar-refractivity contribution in [1.82, 2.24) is 0 Å². The minimum absolute atomic E-state index is 0.249. The van der Waals surface area contributed by atoms with Crippen molar-refractivity contribution in [3.05, 3.63) is 28.8 Å². The summed E-state index contributed by atoms with van der Waals surface area (Å²) in [5.41, 5.74) is 7.40. The molecule has 0 unspecified atom stereocenters. The van der Waals surface area contributed by atoms with Gasteiger partial charge in [-0.25, -0.2) is 0 Å². The van der Waals surface area contributed by atoms with E-state index in [1.165, 1.54) is 0 Å². The Balaban J connectivity index is 2.24. The largest absolute Gasteiger partial charge is 0.370 e. The summed E-state index contributed by atoms with van der Waals surface area (Å²) >= 11 is 5.96. The van der Waals surface area contributed by atoms with Crippen molar-refractivity contribution >= 4 is 17.3 Å². The lowest BCUT2D eigenvalue weighted by Crippen LogP contribution is -2.26. The van der Waals surface area contributed by atoms with Crippen LogP contribution in [0, 0.1) is 11.3 Å². The Morgan fingerprint density at radius 3 is 2.87 bits per heavy atom. The van der Waals surface area contributed by atoms with Crippen LogP contribution in [0.15, 0.2) is 18.2 Å². The third-order valence-corrected chi connectivity index (χ3v) is 2.98. The van der Waals surface area contributed by atoms with Crippen molar-refractivity contribution in [2.45, 2.75) is 12.5 Å². The molecule has 0 amide bonds. The number of nitriles is 1. The summed E-state index contributed by atoms with van der Waals surface area (Å²) in [6.07, 6.45) is 1.01. The number of rotatable bonds is 1. The predicted molar refractivity (Wildman–Crippen MR) is 61.0 cm³/mol. The number of hydrogen-bond acceptors (Lipinski definition) is 3. The lowest BCUT2D eigenvalue weighted by atomic mass is 10.2. The van der Waals surface area contributed by atoms with E-state index in [-0.39, 0.29) is 6.04 Å². The first-order valence-corrected chi connectivity index (χ1v) is 5.28. The fraction of sp³-hybridized carbons (Fsp3) is 0.364. The highest BCUT2D eigenvalue weighted by atomic mass is 35.5. The molecule has 1 aromatic carbocycles. The summed E-state index contributed by atoms with van der Waals surface area (Å²) < 4.78 is 0. The number of nitrogens with zero attached hydrogens (tertiary/aromatic N) is 2. The van der Waals surface area contributed by atoms with Gasteiger partial charge in [0.05, 0.1) is 10.6 Å². The minimum Gasteiger partial charge on any atom is -0.370 e. The molecule has 2 rings (SSSR count).